The van der Waals surface area contributed by atoms with Gasteiger partial charge in [-0.15, -0.1) is 0 Å². The van der Waals surface area contributed by atoms with Gasteiger partial charge >= 0.3 is 0 Å². The van der Waals surface area contributed by atoms with E-state index in [-0.39, 0.29) is 0 Å². The van der Waals surface area contributed by atoms with Gasteiger partial charge in [-0.05, 0) is 42.3 Å². The van der Waals surface area contributed by atoms with Gasteiger partial charge in [0, 0.05) is 37.2 Å². The molecule has 0 spiro atoms. The number of fused-ring (bicyclic) bond motifs is 1. The smallest absolute Gasteiger partial charge is 0.0722 e. The molecule has 2 heterocycles. The largest absolute Gasteiger partial charge is 0.376 e. The fourth-order valence-corrected chi connectivity index (χ4v) is 3.46. The van der Waals surface area contributed by atoms with Crippen molar-refractivity contribution in [3.05, 3.63) is 33.3 Å². The quantitative estimate of drug-likeness (QED) is 0.830. The average molecular weight is 325 g/mol. The Morgan fingerprint density at radius 1 is 1.21 bits per heavy atom. The molecular formula is C15H21BrN2O. The molecule has 0 unspecified atom stereocenters. The first-order valence-electron chi connectivity index (χ1n) is 7.01. The summed E-state index contributed by atoms with van der Waals surface area (Å²) < 4.78 is 6.85. The number of ether oxygens (including phenoxy) is 1. The Kier molecular flexibility index (Phi) is 4.22. The maximum Gasteiger partial charge on any atom is 0.0722 e. The molecule has 0 amide bonds. The van der Waals surface area contributed by atoms with E-state index in [1.165, 1.54) is 47.3 Å². The lowest BCUT2D eigenvalue weighted by Gasteiger charge is -2.33. The Bertz CT molecular complexity index is 456. The highest BCUT2D eigenvalue weighted by Crippen LogP contribution is 2.27. The van der Waals surface area contributed by atoms with Gasteiger partial charge in [0.05, 0.1) is 13.2 Å². The predicted molar refractivity (Wildman–Crippen MR) is 80.3 cm³/mol. The molecule has 0 atom stereocenters. The van der Waals surface area contributed by atoms with E-state index in [2.05, 4.69) is 44.9 Å². The summed E-state index contributed by atoms with van der Waals surface area (Å²) in [6, 6.07) is 4.52. The van der Waals surface area contributed by atoms with Gasteiger partial charge in [-0.3, -0.25) is 4.90 Å². The lowest BCUT2D eigenvalue weighted by molar-refractivity contribution is 0.107. The van der Waals surface area contributed by atoms with Crippen molar-refractivity contribution in [1.29, 1.82) is 0 Å². The number of hydrogen-bond donors (Lipinski definition) is 0. The molecule has 3 rings (SSSR count). The van der Waals surface area contributed by atoms with Crippen LogP contribution in [0, 0.1) is 0 Å². The molecular weight excluding hydrogens is 304 g/mol. The number of likely N-dealkylation sites (N-methyl/N-ethyl adjacent to an activating group) is 1. The second-order valence-electron chi connectivity index (χ2n) is 5.58. The maximum atomic E-state index is 5.64. The lowest BCUT2D eigenvalue weighted by atomic mass is 9.97. The standard InChI is InChI=1S/C15H21BrN2O/c1-17-3-5-18(6-4-17)10-13-9-14(16)8-12-2-7-19-11-15(12)13/h8-9H,2-7,10-11H2,1H3. The zero-order valence-electron chi connectivity index (χ0n) is 11.5. The Labute approximate surface area is 123 Å². The highest BCUT2D eigenvalue weighted by molar-refractivity contribution is 9.10. The van der Waals surface area contributed by atoms with Gasteiger partial charge in [-0.1, -0.05) is 15.9 Å². The van der Waals surface area contributed by atoms with Crippen molar-refractivity contribution in [2.75, 3.05) is 39.8 Å². The third-order valence-corrected chi connectivity index (χ3v) is 4.61. The monoisotopic (exact) mass is 324 g/mol. The van der Waals surface area contributed by atoms with Crippen LogP contribution in [0.4, 0.5) is 0 Å². The van der Waals surface area contributed by atoms with Crippen molar-refractivity contribution in [3.63, 3.8) is 0 Å². The van der Waals surface area contributed by atoms with Gasteiger partial charge in [0.2, 0.25) is 0 Å². The molecule has 0 saturated carbocycles. The number of benzene rings is 1. The first-order chi connectivity index (χ1) is 9.22. The zero-order chi connectivity index (χ0) is 13.2. The number of rotatable bonds is 2. The van der Waals surface area contributed by atoms with Gasteiger partial charge in [0.15, 0.2) is 0 Å². The van der Waals surface area contributed by atoms with Gasteiger partial charge in [-0.25, -0.2) is 0 Å². The van der Waals surface area contributed by atoms with Gasteiger partial charge in [0.25, 0.3) is 0 Å². The molecule has 0 aliphatic carbocycles. The van der Waals surface area contributed by atoms with Crippen LogP contribution in [-0.2, 0) is 24.3 Å². The van der Waals surface area contributed by atoms with Crippen molar-refractivity contribution in [1.82, 2.24) is 9.80 Å². The van der Waals surface area contributed by atoms with Crippen molar-refractivity contribution < 1.29 is 4.74 Å². The minimum atomic E-state index is 0.783. The third kappa shape index (κ3) is 3.19. The normalized spacial score (nSPS) is 21.4. The Hall–Kier alpha value is -0.420. The van der Waals surface area contributed by atoms with Crippen molar-refractivity contribution in [2.24, 2.45) is 0 Å². The molecule has 0 N–H and O–H groups in total. The molecule has 1 aromatic rings. The summed E-state index contributed by atoms with van der Waals surface area (Å²) in [5.41, 5.74) is 4.33. The van der Waals surface area contributed by atoms with Crippen LogP contribution in [0.5, 0.6) is 0 Å². The van der Waals surface area contributed by atoms with Gasteiger partial charge < -0.3 is 9.64 Å². The van der Waals surface area contributed by atoms with Crippen molar-refractivity contribution in [2.45, 2.75) is 19.6 Å². The van der Waals surface area contributed by atoms with Crippen molar-refractivity contribution in [3.8, 4) is 0 Å². The van der Waals surface area contributed by atoms with Crippen LogP contribution in [0.1, 0.15) is 16.7 Å². The molecule has 0 aromatic heterocycles. The van der Waals surface area contributed by atoms with E-state index in [0.717, 1.165) is 26.2 Å². The summed E-state index contributed by atoms with van der Waals surface area (Å²) in [6.45, 7) is 7.37. The molecule has 1 fully saturated rings. The highest BCUT2D eigenvalue weighted by atomic mass is 79.9. The average Bonchev–Trinajstić information content (AvgIpc) is 2.41. The van der Waals surface area contributed by atoms with E-state index in [0.29, 0.717) is 0 Å². The molecule has 0 bridgehead atoms. The fraction of sp³-hybridized carbons (Fsp3) is 0.600. The minimum absolute atomic E-state index is 0.783. The van der Waals surface area contributed by atoms with E-state index in [1.807, 2.05) is 0 Å². The summed E-state index contributed by atoms with van der Waals surface area (Å²) in [5, 5.41) is 0. The van der Waals surface area contributed by atoms with E-state index in [4.69, 9.17) is 4.74 Å². The second kappa shape index (κ2) is 5.92. The Balaban J connectivity index is 1.78. The third-order valence-electron chi connectivity index (χ3n) is 4.15. The number of halogens is 1. The molecule has 1 aromatic carbocycles. The molecule has 2 aliphatic rings. The predicted octanol–water partition coefficient (Wildman–Crippen LogP) is 2.27. The zero-order valence-corrected chi connectivity index (χ0v) is 13.1. The summed E-state index contributed by atoms with van der Waals surface area (Å²) >= 11 is 3.65. The molecule has 19 heavy (non-hydrogen) atoms. The first kappa shape index (κ1) is 13.6. The van der Waals surface area contributed by atoms with Gasteiger partial charge in [-0.2, -0.15) is 0 Å². The lowest BCUT2D eigenvalue weighted by Crippen LogP contribution is -2.44. The van der Waals surface area contributed by atoms with Crippen LogP contribution in [0.2, 0.25) is 0 Å². The topological polar surface area (TPSA) is 15.7 Å². The number of piperazine rings is 1. The van der Waals surface area contributed by atoms with E-state index in [1.54, 1.807) is 0 Å². The van der Waals surface area contributed by atoms with E-state index in [9.17, 15) is 0 Å². The molecule has 1 saturated heterocycles. The van der Waals surface area contributed by atoms with Crippen LogP contribution in [0.15, 0.2) is 16.6 Å². The summed E-state index contributed by atoms with van der Waals surface area (Å²) in [4.78, 5) is 4.95. The molecule has 0 radical (unpaired) electrons. The molecule has 104 valence electrons. The van der Waals surface area contributed by atoms with Crippen molar-refractivity contribution >= 4 is 15.9 Å². The first-order valence-corrected chi connectivity index (χ1v) is 7.80. The van der Waals surface area contributed by atoms with Gasteiger partial charge in [0.1, 0.15) is 0 Å². The summed E-state index contributed by atoms with van der Waals surface area (Å²) in [6.07, 6.45) is 1.05. The Morgan fingerprint density at radius 2 is 2.00 bits per heavy atom. The SMILES string of the molecule is CN1CCN(Cc2cc(Br)cc3c2COCC3)CC1. The maximum absolute atomic E-state index is 5.64. The van der Waals surface area contributed by atoms with Crippen LogP contribution >= 0.6 is 15.9 Å². The van der Waals surface area contributed by atoms with Crippen LogP contribution in [0.3, 0.4) is 0 Å². The number of nitrogens with zero attached hydrogens (tertiary/aromatic N) is 2. The van der Waals surface area contributed by atoms with E-state index >= 15 is 0 Å². The Morgan fingerprint density at radius 3 is 2.79 bits per heavy atom. The minimum Gasteiger partial charge on any atom is -0.376 e. The van der Waals surface area contributed by atoms with Crippen LogP contribution < -0.4 is 0 Å². The molecule has 2 aliphatic heterocycles. The highest BCUT2D eigenvalue weighted by Gasteiger charge is 2.19. The molecule has 3 nitrogen and oxygen atoms in total. The fourth-order valence-electron chi connectivity index (χ4n) is 2.91. The van der Waals surface area contributed by atoms with E-state index < -0.39 is 0 Å². The second-order valence-corrected chi connectivity index (χ2v) is 6.50. The summed E-state index contributed by atoms with van der Waals surface area (Å²) in [5.74, 6) is 0. The summed E-state index contributed by atoms with van der Waals surface area (Å²) in [7, 11) is 2.20. The molecule has 4 heteroatoms. The van der Waals surface area contributed by atoms with Crippen LogP contribution in [-0.4, -0.2) is 49.6 Å². The van der Waals surface area contributed by atoms with Crippen LogP contribution in [0.25, 0.3) is 0 Å². The number of hydrogen-bond acceptors (Lipinski definition) is 3.